The first-order valence-corrected chi connectivity index (χ1v) is 9.94. The number of fused-ring (bicyclic) bond motifs is 1. The zero-order chi connectivity index (χ0) is 20.2. The molecule has 0 atom stereocenters. The average Bonchev–Trinajstić information content (AvgIpc) is 3.15. The van der Waals surface area contributed by atoms with Crippen molar-refractivity contribution in [2.75, 3.05) is 51.8 Å². The van der Waals surface area contributed by atoms with Crippen LogP contribution in [0, 0.1) is 0 Å². The molecule has 29 heavy (non-hydrogen) atoms. The maximum atomic E-state index is 5.41. The highest BCUT2D eigenvalue weighted by Crippen LogP contribution is 2.30. The summed E-state index contributed by atoms with van der Waals surface area (Å²) in [7, 11) is 1.61. The van der Waals surface area contributed by atoms with E-state index >= 15 is 0 Å². The minimum atomic E-state index is 0.188. The van der Waals surface area contributed by atoms with Crippen LogP contribution in [0.4, 0.5) is 5.82 Å². The summed E-state index contributed by atoms with van der Waals surface area (Å²) in [4.78, 5) is 20.6. The summed E-state index contributed by atoms with van der Waals surface area (Å²) in [5.41, 5.74) is 2.50. The molecular weight excluding hydrogens is 370 g/mol. The molecular formula is C20H27N7O2. The fourth-order valence-corrected chi connectivity index (χ4v) is 3.52. The van der Waals surface area contributed by atoms with E-state index in [9.17, 15) is 0 Å². The lowest BCUT2D eigenvalue weighted by Gasteiger charge is -2.26. The lowest BCUT2D eigenvalue weighted by atomic mass is 10.2. The van der Waals surface area contributed by atoms with Crippen LogP contribution < -0.4 is 10.1 Å². The van der Waals surface area contributed by atoms with Gasteiger partial charge < -0.3 is 19.4 Å². The monoisotopic (exact) mass is 397 g/mol. The number of nitrogens with zero attached hydrogens (tertiary/aromatic N) is 6. The van der Waals surface area contributed by atoms with Crippen LogP contribution >= 0.6 is 0 Å². The minimum absolute atomic E-state index is 0.188. The first-order valence-electron chi connectivity index (χ1n) is 9.94. The van der Waals surface area contributed by atoms with Gasteiger partial charge in [0.25, 0.3) is 0 Å². The van der Waals surface area contributed by atoms with Crippen molar-refractivity contribution in [1.29, 1.82) is 0 Å². The first-order chi connectivity index (χ1) is 14.2. The van der Waals surface area contributed by atoms with Gasteiger partial charge in [-0.25, -0.2) is 19.9 Å². The standard InChI is InChI=1S/C20H27N7O2/c1-14(2)27-19(15-4-5-16(28-3)22-12-15)25-17-18(23-13-24-20(17)27)21-6-7-26-8-10-29-11-9-26/h4-5,12-14H,6-11H2,1-3H3,(H,21,23,24). The Morgan fingerprint density at radius 2 is 2.00 bits per heavy atom. The molecule has 1 saturated heterocycles. The average molecular weight is 397 g/mol. The van der Waals surface area contributed by atoms with E-state index in [1.54, 1.807) is 19.6 Å². The fourth-order valence-electron chi connectivity index (χ4n) is 3.52. The predicted molar refractivity (Wildman–Crippen MR) is 111 cm³/mol. The van der Waals surface area contributed by atoms with E-state index in [2.05, 4.69) is 43.6 Å². The molecule has 4 heterocycles. The summed E-state index contributed by atoms with van der Waals surface area (Å²) >= 11 is 0. The zero-order valence-electron chi connectivity index (χ0n) is 17.1. The lowest BCUT2D eigenvalue weighted by molar-refractivity contribution is 0.0398. The van der Waals surface area contributed by atoms with Gasteiger partial charge in [0.15, 0.2) is 17.0 Å². The number of methoxy groups -OCH3 is 1. The van der Waals surface area contributed by atoms with Crippen molar-refractivity contribution >= 4 is 17.0 Å². The van der Waals surface area contributed by atoms with Gasteiger partial charge in [0.1, 0.15) is 12.2 Å². The molecule has 154 valence electrons. The highest BCUT2D eigenvalue weighted by atomic mass is 16.5. The molecule has 1 aliphatic rings. The number of nitrogens with one attached hydrogen (secondary N) is 1. The Bertz CT molecular complexity index is 949. The van der Waals surface area contributed by atoms with Crippen molar-refractivity contribution in [3.8, 4) is 17.3 Å². The van der Waals surface area contributed by atoms with E-state index < -0.39 is 0 Å². The summed E-state index contributed by atoms with van der Waals surface area (Å²) < 4.78 is 12.7. The van der Waals surface area contributed by atoms with Gasteiger partial charge in [0, 0.05) is 50.0 Å². The summed E-state index contributed by atoms with van der Waals surface area (Å²) in [6, 6.07) is 3.99. The Hall–Kier alpha value is -2.78. The molecule has 3 aromatic rings. The Morgan fingerprint density at radius 3 is 2.69 bits per heavy atom. The van der Waals surface area contributed by atoms with Gasteiger partial charge >= 0.3 is 0 Å². The van der Waals surface area contributed by atoms with Crippen molar-refractivity contribution in [1.82, 2.24) is 29.4 Å². The first kappa shape index (κ1) is 19.5. The van der Waals surface area contributed by atoms with Gasteiger partial charge in [0.2, 0.25) is 5.88 Å². The molecule has 1 fully saturated rings. The molecule has 0 amide bonds. The molecule has 0 spiro atoms. The van der Waals surface area contributed by atoms with Crippen LogP contribution in [-0.4, -0.2) is 75.9 Å². The van der Waals surface area contributed by atoms with Crippen LogP contribution in [0.1, 0.15) is 19.9 Å². The molecule has 4 rings (SSSR count). The molecule has 1 N–H and O–H groups in total. The van der Waals surface area contributed by atoms with Gasteiger partial charge in [-0.15, -0.1) is 0 Å². The van der Waals surface area contributed by atoms with Crippen LogP contribution in [0.3, 0.4) is 0 Å². The number of rotatable bonds is 7. The van der Waals surface area contributed by atoms with Crippen molar-refractivity contribution in [3.05, 3.63) is 24.7 Å². The minimum Gasteiger partial charge on any atom is -0.481 e. The maximum absolute atomic E-state index is 5.41. The largest absolute Gasteiger partial charge is 0.481 e. The van der Waals surface area contributed by atoms with E-state index in [4.69, 9.17) is 14.5 Å². The molecule has 0 unspecified atom stereocenters. The van der Waals surface area contributed by atoms with Crippen LogP contribution in [0.25, 0.3) is 22.6 Å². The second kappa shape index (κ2) is 8.71. The summed E-state index contributed by atoms with van der Waals surface area (Å²) in [6.07, 6.45) is 3.37. The van der Waals surface area contributed by atoms with Crippen molar-refractivity contribution in [3.63, 3.8) is 0 Å². The molecule has 0 radical (unpaired) electrons. The molecule has 0 aromatic carbocycles. The summed E-state index contributed by atoms with van der Waals surface area (Å²) in [5, 5.41) is 3.44. The second-order valence-electron chi connectivity index (χ2n) is 7.26. The highest BCUT2D eigenvalue weighted by molar-refractivity contribution is 5.86. The number of imidazole rings is 1. The van der Waals surface area contributed by atoms with E-state index in [-0.39, 0.29) is 6.04 Å². The lowest BCUT2D eigenvalue weighted by Crippen LogP contribution is -2.39. The molecule has 0 saturated carbocycles. The van der Waals surface area contributed by atoms with E-state index in [1.807, 2.05) is 12.1 Å². The number of hydrogen-bond acceptors (Lipinski definition) is 8. The van der Waals surface area contributed by atoms with E-state index in [1.165, 1.54) is 0 Å². The zero-order valence-corrected chi connectivity index (χ0v) is 17.1. The number of aromatic nitrogens is 5. The van der Waals surface area contributed by atoms with Gasteiger partial charge in [-0.3, -0.25) is 4.90 Å². The Kier molecular flexibility index (Phi) is 5.86. The molecule has 9 nitrogen and oxygen atoms in total. The van der Waals surface area contributed by atoms with Gasteiger partial charge in [-0.05, 0) is 19.9 Å². The summed E-state index contributed by atoms with van der Waals surface area (Å²) in [5.74, 6) is 2.15. The molecule has 0 bridgehead atoms. The molecule has 3 aromatic heterocycles. The van der Waals surface area contributed by atoms with Crippen molar-refractivity contribution in [2.24, 2.45) is 0 Å². The predicted octanol–water partition coefficient (Wildman–Crippen LogP) is 2.22. The number of anilines is 1. The Labute approximate surface area is 170 Å². The van der Waals surface area contributed by atoms with Crippen LogP contribution in [0.15, 0.2) is 24.7 Å². The third kappa shape index (κ3) is 4.15. The van der Waals surface area contributed by atoms with E-state index in [0.717, 1.165) is 67.8 Å². The van der Waals surface area contributed by atoms with E-state index in [0.29, 0.717) is 5.88 Å². The molecule has 1 aliphatic heterocycles. The third-order valence-electron chi connectivity index (χ3n) is 5.02. The van der Waals surface area contributed by atoms with Crippen molar-refractivity contribution < 1.29 is 9.47 Å². The van der Waals surface area contributed by atoms with Crippen LogP contribution in [0.2, 0.25) is 0 Å². The number of morpholine rings is 1. The van der Waals surface area contributed by atoms with Crippen molar-refractivity contribution in [2.45, 2.75) is 19.9 Å². The smallest absolute Gasteiger partial charge is 0.212 e. The second-order valence-corrected chi connectivity index (χ2v) is 7.26. The number of hydrogen-bond donors (Lipinski definition) is 1. The van der Waals surface area contributed by atoms with Gasteiger partial charge in [-0.1, -0.05) is 0 Å². The quantitative estimate of drug-likeness (QED) is 0.649. The molecule has 0 aliphatic carbocycles. The fraction of sp³-hybridized carbons (Fsp3) is 0.500. The van der Waals surface area contributed by atoms with Crippen LogP contribution in [-0.2, 0) is 4.74 Å². The normalized spacial score (nSPS) is 15.2. The van der Waals surface area contributed by atoms with Crippen LogP contribution in [0.5, 0.6) is 5.88 Å². The van der Waals surface area contributed by atoms with Gasteiger partial charge in [0.05, 0.1) is 20.3 Å². The topological polar surface area (TPSA) is 90.2 Å². The summed E-state index contributed by atoms with van der Waals surface area (Å²) in [6.45, 7) is 9.51. The Balaban J connectivity index is 1.62. The Morgan fingerprint density at radius 1 is 1.17 bits per heavy atom. The SMILES string of the molecule is COc1ccc(-c2nc3c(NCCN4CCOCC4)ncnc3n2C(C)C)cn1. The highest BCUT2D eigenvalue weighted by Gasteiger charge is 2.19. The number of pyridine rings is 1. The third-order valence-corrected chi connectivity index (χ3v) is 5.02. The maximum Gasteiger partial charge on any atom is 0.212 e. The molecule has 9 heteroatoms. The number of ether oxygens (including phenoxy) is 2. The van der Waals surface area contributed by atoms with Gasteiger partial charge in [-0.2, -0.15) is 0 Å².